The standard InChI is InChI=1S/C12H15N5O3S/c1-6(2)17-11(19)15-16-12(17)21-9-4-7(10(18)20-3)8(13)5-14-9/h4-6H,13H2,1-3H3,(H,15,19). The molecule has 3 N–H and O–H groups in total. The minimum atomic E-state index is -0.542. The van der Waals surface area contributed by atoms with Gasteiger partial charge in [-0.3, -0.25) is 4.57 Å². The zero-order valence-electron chi connectivity index (χ0n) is 11.8. The molecule has 0 fully saturated rings. The Labute approximate surface area is 124 Å². The second-order valence-electron chi connectivity index (χ2n) is 4.48. The average Bonchev–Trinajstić information content (AvgIpc) is 2.81. The normalized spacial score (nSPS) is 10.9. The van der Waals surface area contributed by atoms with Crippen molar-refractivity contribution >= 4 is 23.4 Å². The molecule has 0 aliphatic carbocycles. The monoisotopic (exact) mass is 309 g/mol. The molecule has 0 spiro atoms. The average molecular weight is 309 g/mol. The molecule has 2 aromatic heterocycles. The van der Waals surface area contributed by atoms with E-state index in [2.05, 4.69) is 19.9 Å². The number of carbonyl (C=O) groups is 1. The highest BCUT2D eigenvalue weighted by Crippen LogP contribution is 2.27. The summed E-state index contributed by atoms with van der Waals surface area (Å²) in [5, 5.41) is 7.29. The van der Waals surface area contributed by atoms with E-state index >= 15 is 0 Å². The Morgan fingerprint density at radius 1 is 1.52 bits per heavy atom. The highest BCUT2D eigenvalue weighted by atomic mass is 32.2. The topological polar surface area (TPSA) is 116 Å². The van der Waals surface area contributed by atoms with Crippen molar-refractivity contribution < 1.29 is 9.53 Å². The number of esters is 1. The van der Waals surface area contributed by atoms with Gasteiger partial charge in [-0.15, -0.1) is 5.10 Å². The lowest BCUT2D eigenvalue weighted by Gasteiger charge is -2.09. The summed E-state index contributed by atoms with van der Waals surface area (Å²) in [4.78, 5) is 27.4. The molecule has 8 nitrogen and oxygen atoms in total. The molecule has 21 heavy (non-hydrogen) atoms. The van der Waals surface area contributed by atoms with E-state index in [1.54, 1.807) is 0 Å². The van der Waals surface area contributed by atoms with Crippen LogP contribution in [0.2, 0.25) is 0 Å². The molecule has 0 aliphatic heterocycles. The molecule has 2 aromatic rings. The number of aromatic nitrogens is 4. The van der Waals surface area contributed by atoms with Gasteiger partial charge >= 0.3 is 11.7 Å². The fourth-order valence-corrected chi connectivity index (χ4v) is 2.65. The van der Waals surface area contributed by atoms with Crippen molar-refractivity contribution in [3.8, 4) is 0 Å². The highest BCUT2D eigenvalue weighted by molar-refractivity contribution is 7.99. The summed E-state index contributed by atoms with van der Waals surface area (Å²) in [6.45, 7) is 3.74. The fourth-order valence-electron chi connectivity index (χ4n) is 1.70. The maximum absolute atomic E-state index is 11.7. The number of nitrogens with two attached hydrogens (primary N) is 1. The van der Waals surface area contributed by atoms with Gasteiger partial charge < -0.3 is 10.5 Å². The van der Waals surface area contributed by atoms with Gasteiger partial charge in [0.15, 0.2) is 5.16 Å². The van der Waals surface area contributed by atoms with Crippen LogP contribution in [-0.4, -0.2) is 32.8 Å². The minimum Gasteiger partial charge on any atom is -0.465 e. The number of hydrogen-bond donors (Lipinski definition) is 2. The number of rotatable bonds is 4. The number of methoxy groups -OCH3 is 1. The Morgan fingerprint density at radius 2 is 2.24 bits per heavy atom. The Bertz CT molecular complexity index is 722. The van der Waals surface area contributed by atoms with E-state index in [0.29, 0.717) is 10.2 Å². The maximum atomic E-state index is 11.7. The molecule has 0 bridgehead atoms. The van der Waals surface area contributed by atoms with Crippen LogP contribution in [-0.2, 0) is 4.74 Å². The largest absolute Gasteiger partial charge is 0.465 e. The number of hydrogen-bond acceptors (Lipinski definition) is 7. The zero-order valence-corrected chi connectivity index (χ0v) is 12.6. The molecule has 0 amide bonds. The number of pyridine rings is 1. The molecule has 0 unspecified atom stereocenters. The van der Waals surface area contributed by atoms with Gasteiger partial charge in [-0.2, -0.15) is 0 Å². The van der Waals surface area contributed by atoms with Crippen molar-refractivity contribution in [3.05, 3.63) is 28.3 Å². The first-order valence-electron chi connectivity index (χ1n) is 6.12. The Morgan fingerprint density at radius 3 is 2.86 bits per heavy atom. The SMILES string of the molecule is COC(=O)c1cc(Sc2n[nH]c(=O)n2C(C)C)ncc1N. The quantitative estimate of drug-likeness (QED) is 0.811. The van der Waals surface area contributed by atoms with Gasteiger partial charge in [0.2, 0.25) is 0 Å². The number of carbonyl (C=O) groups excluding carboxylic acids is 1. The first kappa shape index (κ1) is 15.1. The molecule has 0 atom stereocenters. The fraction of sp³-hybridized carbons (Fsp3) is 0.333. The van der Waals surface area contributed by atoms with E-state index in [1.165, 1.54) is 23.9 Å². The van der Waals surface area contributed by atoms with Crippen LogP contribution in [0.1, 0.15) is 30.2 Å². The van der Waals surface area contributed by atoms with Gasteiger partial charge in [-0.1, -0.05) is 0 Å². The van der Waals surface area contributed by atoms with Gasteiger partial charge in [0.1, 0.15) is 5.03 Å². The molecular weight excluding hydrogens is 294 g/mol. The number of ether oxygens (including phenoxy) is 1. The number of nitrogen functional groups attached to an aromatic ring is 1. The molecule has 2 rings (SSSR count). The van der Waals surface area contributed by atoms with Crippen LogP contribution >= 0.6 is 11.8 Å². The number of H-pyrrole nitrogens is 1. The third-order valence-corrected chi connectivity index (χ3v) is 3.60. The molecule has 0 radical (unpaired) electrons. The second kappa shape index (κ2) is 6.00. The van der Waals surface area contributed by atoms with Crippen LogP contribution in [0.25, 0.3) is 0 Å². The van der Waals surface area contributed by atoms with Crippen molar-refractivity contribution in [2.24, 2.45) is 0 Å². The van der Waals surface area contributed by atoms with Crippen molar-refractivity contribution in [2.75, 3.05) is 12.8 Å². The molecule has 2 heterocycles. The van der Waals surface area contributed by atoms with E-state index in [-0.39, 0.29) is 23.0 Å². The lowest BCUT2D eigenvalue weighted by Crippen LogP contribution is -2.19. The summed E-state index contributed by atoms with van der Waals surface area (Å²) in [5.74, 6) is -0.542. The van der Waals surface area contributed by atoms with Gasteiger partial charge in [0, 0.05) is 6.04 Å². The smallest absolute Gasteiger partial charge is 0.344 e. The summed E-state index contributed by atoms with van der Waals surface area (Å²) in [6.07, 6.45) is 1.37. The van der Waals surface area contributed by atoms with E-state index in [0.717, 1.165) is 11.8 Å². The summed E-state index contributed by atoms with van der Waals surface area (Å²) < 4.78 is 6.16. The predicted molar refractivity (Wildman–Crippen MR) is 77.3 cm³/mol. The maximum Gasteiger partial charge on any atom is 0.344 e. The van der Waals surface area contributed by atoms with Crippen molar-refractivity contribution in [2.45, 2.75) is 30.1 Å². The van der Waals surface area contributed by atoms with Crippen LogP contribution in [0.15, 0.2) is 27.2 Å². The van der Waals surface area contributed by atoms with Crippen LogP contribution in [0.4, 0.5) is 5.69 Å². The number of nitrogens with zero attached hydrogens (tertiary/aromatic N) is 3. The van der Waals surface area contributed by atoms with E-state index in [4.69, 9.17) is 5.73 Å². The van der Waals surface area contributed by atoms with Crippen LogP contribution < -0.4 is 11.4 Å². The third kappa shape index (κ3) is 3.07. The number of aromatic amines is 1. The molecule has 0 aliphatic rings. The summed E-state index contributed by atoms with van der Waals surface area (Å²) in [5.41, 5.74) is 5.85. The predicted octanol–water partition coefficient (Wildman–Crippen LogP) is 1.07. The van der Waals surface area contributed by atoms with Crippen molar-refractivity contribution in [1.82, 2.24) is 19.7 Å². The molecule has 112 valence electrons. The van der Waals surface area contributed by atoms with Crippen LogP contribution in [0.5, 0.6) is 0 Å². The van der Waals surface area contributed by atoms with Gasteiger partial charge in [-0.05, 0) is 31.7 Å². The van der Waals surface area contributed by atoms with E-state index in [1.807, 2.05) is 13.8 Å². The van der Waals surface area contributed by atoms with E-state index in [9.17, 15) is 9.59 Å². The highest BCUT2D eigenvalue weighted by Gasteiger charge is 2.16. The summed E-state index contributed by atoms with van der Waals surface area (Å²) >= 11 is 1.16. The Kier molecular flexibility index (Phi) is 4.32. The molecular formula is C12H15N5O3S. The lowest BCUT2D eigenvalue weighted by molar-refractivity contribution is 0.0601. The molecule has 0 aromatic carbocycles. The molecule has 0 saturated heterocycles. The van der Waals surface area contributed by atoms with Crippen molar-refractivity contribution in [3.63, 3.8) is 0 Å². The first-order valence-corrected chi connectivity index (χ1v) is 6.94. The lowest BCUT2D eigenvalue weighted by atomic mass is 10.2. The summed E-state index contributed by atoms with van der Waals surface area (Å²) in [6, 6.07) is 1.46. The molecule has 0 saturated carbocycles. The molecule has 9 heteroatoms. The van der Waals surface area contributed by atoms with Crippen molar-refractivity contribution in [1.29, 1.82) is 0 Å². The van der Waals surface area contributed by atoms with Gasteiger partial charge in [-0.25, -0.2) is 19.7 Å². The zero-order chi connectivity index (χ0) is 15.6. The Hall–Kier alpha value is -2.29. The minimum absolute atomic E-state index is 0.0485. The van der Waals surface area contributed by atoms with Crippen LogP contribution in [0, 0.1) is 0 Å². The summed E-state index contributed by atoms with van der Waals surface area (Å²) in [7, 11) is 1.28. The van der Waals surface area contributed by atoms with E-state index < -0.39 is 5.97 Å². The number of anilines is 1. The first-order chi connectivity index (χ1) is 9.93. The second-order valence-corrected chi connectivity index (χ2v) is 5.47. The Balaban J connectivity index is 2.37. The van der Waals surface area contributed by atoms with Crippen LogP contribution in [0.3, 0.4) is 0 Å². The third-order valence-electron chi connectivity index (χ3n) is 2.70. The van der Waals surface area contributed by atoms with Gasteiger partial charge in [0.05, 0.1) is 24.6 Å². The van der Waals surface area contributed by atoms with Gasteiger partial charge in [0.25, 0.3) is 0 Å². The number of nitrogens with one attached hydrogen (secondary N) is 1.